The fraction of sp³-hybridized carbons (Fsp3) is 0.409. The second kappa shape index (κ2) is 8.41. The number of carbonyl (C=O) groups excluding carboxylic acids is 1. The van der Waals surface area contributed by atoms with Gasteiger partial charge in [0.1, 0.15) is 0 Å². The van der Waals surface area contributed by atoms with Crippen molar-refractivity contribution in [3.8, 4) is 0 Å². The number of amides is 1. The number of nitro benzene ring substituents is 1. The van der Waals surface area contributed by atoms with E-state index >= 15 is 0 Å². The standard InChI is InChI=1S/C22H27N5O3/c1-15-3-4-16(2)20(13-15)25-9-11-26(12-10-25)22(28)19-14-23-24-21(19)17-5-7-18(8-6-17)27(29)30/h3-8,13,19,21,23-24H,9-12,14H2,1-2H3. The minimum Gasteiger partial charge on any atom is -0.368 e. The zero-order valence-electron chi connectivity index (χ0n) is 17.3. The summed E-state index contributed by atoms with van der Waals surface area (Å²) in [7, 11) is 0. The van der Waals surface area contributed by atoms with E-state index in [0.29, 0.717) is 19.6 Å². The number of carbonyl (C=O) groups is 1. The van der Waals surface area contributed by atoms with Gasteiger partial charge in [-0.05, 0) is 36.6 Å². The first-order valence-corrected chi connectivity index (χ1v) is 10.3. The van der Waals surface area contributed by atoms with E-state index in [9.17, 15) is 14.9 Å². The van der Waals surface area contributed by atoms with Gasteiger partial charge in [-0.1, -0.05) is 24.3 Å². The number of benzene rings is 2. The summed E-state index contributed by atoms with van der Waals surface area (Å²) in [5, 5.41) is 10.9. The van der Waals surface area contributed by atoms with Crippen molar-refractivity contribution in [1.82, 2.24) is 15.8 Å². The van der Waals surface area contributed by atoms with Crippen molar-refractivity contribution < 1.29 is 9.72 Å². The third kappa shape index (κ3) is 4.01. The van der Waals surface area contributed by atoms with Gasteiger partial charge in [0.05, 0.1) is 16.9 Å². The molecule has 0 aliphatic carbocycles. The number of nitrogens with one attached hydrogen (secondary N) is 2. The number of hydrogen-bond acceptors (Lipinski definition) is 6. The predicted octanol–water partition coefficient (Wildman–Crippen LogP) is 2.33. The van der Waals surface area contributed by atoms with Gasteiger partial charge in [-0.25, -0.2) is 5.43 Å². The van der Waals surface area contributed by atoms with Crippen LogP contribution >= 0.6 is 0 Å². The van der Waals surface area contributed by atoms with Crippen LogP contribution in [-0.2, 0) is 4.79 Å². The van der Waals surface area contributed by atoms with E-state index in [1.165, 1.54) is 28.9 Å². The topological polar surface area (TPSA) is 90.8 Å². The van der Waals surface area contributed by atoms with Crippen molar-refractivity contribution in [3.63, 3.8) is 0 Å². The summed E-state index contributed by atoms with van der Waals surface area (Å²) in [6.07, 6.45) is 0. The number of hydrogen-bond donors (Lipinski definition) is 2. The highest BCUT2D eigenvalue weighted by atomic mass is 16.6. The lowest BCUT2D eigenvalue weighted by Gasteiger charge is -2.38. The molecule has 4 rings (SSSR count). The second-order valence-electron chi connectivity index (χ2n) is 8.06. The first-order valence-electron chi connectivity index (χ1n) is 10.3. The Bertz CT molecular complexity index is 938. The first kappa shape index (κ1) is 20.3. The molecule has 30 heavy (non-hydrogen) atoms. The van der Waals surface area contributed by atoms with Gasteiger partial charge in [0, 0.05) is 50.5 Å². The summed E-state index contributed by atoms with van der Waals surface area (Å²) in [6.45, 7) is 7.76. The van der Waals surface area contributed by atoms with Gasteiger partial charge in [0.15, 0.2) is 0 Å². The predicted molar refractivity (Wildman–Crippen MR) is 115 cm³/mol. The van der Waals surface area contributed by atoms with Gasteiger partial charge in [0.2, 0.25) is 5.91 Å². The molecule has 2 aliphatic heterocycles. The summed E-state index contributed by atoms with van der Waals surface area (Å²) in [5.41, 5.74) is 10.9. The fourth-order valence-corrected chi connectivity index (χ4v) is 4.31. The minimum absolute atomic E-state index is 0.0511. The number of nitro groups is 1. The van der Waals surface area contributed by atoms with Gasteiger partial charge in [-0.15, -0.1) is 0 Å². The summed E-state index contributed by atoms with van der Waals surface area (Å²) >= 11 is 0. The largest absolute Gasteiger partial charge is 0.368 e. The Morgan fingerprint density at radius 1 is 1.07 bits per heavy atom. The third-order valence-corrected chi connectivity index (χ3v) is 6.06. The quantitative estimate of drug-likeness (QED) is 0.595. The Balaban J connectivity index is 1.42. The van der Waals surface area contributed by atoms with E-state index in [4.69, 9.17) is 0 Å². The maximum atomic E-state index is 13.2. The van der Waals surface area contributed by atoms with Gasteiger partial charge >= 0.3 is 0 Å². The average Bonchev–Trinajstić information content (AvgIpc) is 3.25. The van der Waals surface area contributed by atoms with E-state index in [1.807, 2.05) is 4.90 Å². The van der Waals surface area contributed by atoms with E-state index in [0.717, 1.165) is 18.7 Å². The smallest absolute Gasteiger partial charge is 0.269 e. The van der Waals surface area contributed by atoms with Crippen LogP contribution in [0.25, 0.3) is 0 Å². The van der Waals surface area contributed by atoms with Crippen molar-refractivity contribution in [2.75, 3.05) is 37.6 Å². The average molecular weight is 409 g/mol. The van der Waals surface area contributed by atoms with Crippen LogP contribution < -0.4 is 15.8 Å². The molecule has 2 saturated heterocycles. The molecule has 0 aromatic heterocycles. The lowest BCUT2D eigenvalue weighted by Crippen LogP contribution is -2.51. The van der Waals surface area contributed by atoms with Crippen LogP contribution in [0.1, 0.15) is 22.7 Å². The Kier molecular flexibility index (Phi) is 5.69. The van der Waals surface area contributed by atoms with Crippen molar-refractivity contribution in [1.29, 1.82) is 0 Å². The van der Waals surface area contributed by atoms with E-state index in [1.54, 1.807) is 12.1 Å². The van der Waals surface area contributed by atoms with Crippen molar-refractivity contribution in [2.45, 2.75) is 19.9 Å². The summed E-state index contributed by atoms with van der Waals surface area (Å²) in [6, 6.07) is 12.7. The molecule has 2 atom stereocenters. The Morgan fingerprint density at radius 2 is 1.77 bits per heavy atom. The minimum atomic E-state index is -0.415. The molecule has 0 bridgehead atoms. The Labute approximate surface area is 176 Å². The van der Waals surface area contributed by atoms with Crippen LogP contribution in [0.3, 0.4) is 0 Å². The lowest BCUT2D eigenvalue weighted by atomic mass is 9.93. The van der Waals surface area contributed by atoms with Gasteiger partial charge in [-0.2, -0.15) is 0 Å². The molecule has 2 unspecified atom stereocenters. The van der Waals surface area contributed by atoms with Crippen LogP contribution in [0.2, 0.25) is 0 Å². The normalized spacial score (nSPS) is 21.7. The fourth-order valence-electron chi connectivity index (χ4n) is 4.31. The Morgan fingerprint density at radius 3 is 2.43 bits per heavy atom. The molecule has 0 radical (unpaired) electrons. The number of nitrogens with zero attached hydrogens (tertiary/aromatic N) is 3. The van der Waals surface area contributed by atoms with Crippen LogP contribution in [0.5, 0.6) is 0 Å². The molecule has 2 aromatic rings. The van der Waals surface area contributed by atoms with E-state index in [-0.39, 0.29) is 23.6 Å². The number of anilines is 1. The van der Waals surface area contributed by atoms with E-state index in [2.05, 4.69) is 47.8 Å². The lowest BCUT2D eigenvalue weighted by molar-refractivity contribution is -0.384. The molecule has 8 nitrogen and oxygen atoms in total. The maximum absolute atomic E-state index is 13.2. The number of aryl methyl sites for hydroxylation is 2. The zero-order valence-corrected chi connectivity index (χ0v) is 17.3. The van der Waals surface area contributed by atoms with Crippen LogP contribution in [-0.4, -0.2) is 48.5 Å². The second-order valence-corrected chi connectivity index (χ2v) is 8.06. The SMILES string of the molecule is Cc1ccc(C)c(N2CCN(C(=O)C3CNNC3c3ccc([N+](=O)[O-])cc3)CC2)c1. The molecule has 2 N–H and O–H groups in total. The molecule has 8 heteroatoms. The molecule has 2 aromatic carbocycles. The van der Waals surface area contributed by atoms with Gasteiger partial charge in [0.25, 0.3) is 5.69 Å². The number of piperazine rings is 1. The van der Waals surface area contributed by atoms with Crippen LogP contribution in [0.4, 0.5) is 11.4 Å². The summed E-state index contributed by atoms with van der Waals surface area (Å²) in [4.78, 5) is 28.0. The van der Waals surface area contributed by atoms with Crippen LogP contribution in [0.15, 0.2) is 42.5 Å². The highest BCUT2D eigenvalue weighted by molar-refractivity contribution is 5.81. The monoisotopic (exact) mass is 409 g/mol. The van der Waals surface area contributed by atoms with Gasteiger partial charge < -0.3 is 9.80 Å². The number of non-ortho nitro benzene ring substituents is 1. The van der Waals surface area contributed by atoms with Crippen molar-refractivity contribution in [3.05, 3.63) is 69.3 Å². The molecular formula is C22H27N5O3. The Hall–Kier alpha value is -2.97. The molecular weight excluding hydrogens is 382 g/mol. The third-order valence-electron chi connectivity index (χ3n) is 6.06. The van der Waals surface area contributed by atoms with Crippen molar-refractivity contribution >= 4 is 17.3 Å². The molecule has 158 valence electrons. The first-order chi connectivity index (χ1) is 14.4. The van der Waals surface area contributed by atoms with Gasteiger partial charge in [-0.3, -0.25) is 20.3 Å². The zero-order chi connectivity index (χ0) is 21.3. The van der Waals surface area contributed by atoms with E-state index < -0.39 is 4.92 Å². The molecule has 0 saturated carbocycles. The van der Waals surface area contributed by atoms with Crippen molar-refractivity contribution in [2.24, 2.45) is 5.92 Å². The number of rotatable bonds is 4. The summed E-state index contributed by atoms with van der Waals surface area (Å²) in [5.74, 6) is -0.116. The highest BCUT2D eigenvalue weighted by Crippen LogP contribution is 2.29. The highest BCUT2D eigenvalue weighted by Gasteiger charge is 2.37. The molecule has 1 amide bonds. The maximum Gasteiger partial charge on any atom is 0.269 e. The molecule has 0 spiro atoms. The van der Waals surface area contributed by atoms with Crippen LogP contribution in [0, 0.1) is 29.9 Å². The molecule has 2 fully saturated rings. The summed E-state index contributed by atoms with van der Waals surface area (Å²) < 4.78 is 0. The number of hydrazine groups is 1. The molecule has 2 heterocycles. The molecule has 2 aliphatic rings.